The number of hydrogen-bond donors (Lipinski definition) is 2. The minimum atomic E-state index is -1.16. The molecule has 15 heavy (non-hydrogen) atoms. The van der Waals surface area contributed by atoms with Crippen molar-refractivity contribution in [2.24, 2.45) is 5.92 Å². The first kappa shape index (κ1) is 11.2. The average Bonchev–Trinajstić information content (AvgIpc) is 2.62. The fourth-order valence-electron chi connectivity index (χ4n) is 1.67. The van der Waals surface area contributed by atoms with Crippen LogP contribution in [0.1, 0.15) is 19.3 Å². The largest absolute Gasteiger partial charge is 0.478 e. The molecule has 1 amide bonds. The number of aliphatic carboxylic acids is 1. The molecule has 5 nitrogen and oxygen atoms in total. The van der Waals surface area contributed by atoms with Gasteiger partial charge in [0, 0.05) is 18.2 Å². The summed E-state index contributed by atoms with van der Waals surface area (Å²) in [5.41, 5.74) is 0. The summed E-state index contributed by atoms with van der Waals surface area (Å²) in [5, 5.41) is 19.7. The zero-order valence-corrected chi connectivity index (χ0v) is 8.14. The van der Waals surface area contributed by atoms with Crippen molar-refractivity contribution in [3.8, 4) is 6.07 Å². The second-order valence-corrected chi connectivity index (χ2v) is 3.45. The van der Waals surface area contributed by atoms with Gasteiger partial charge in [0.2, 0.25) is 5.91 Å². The highest BCUT2D eigenvalue weighted by Gasteiger charge is 2.27. The number of carboxylic acid groups (broad SMARTS) is 1. The maximum absolute atomic E-state index is 11.2. The fraction of sp³-hybridized carbons (Fsp3) is 0.500. The van der Waals surface area contributed by atoms with Crippen LogP contribution < -0.4 is 5.32 Å². The number of nitriles is 1. The molecule has 1 aliphatic rings. The van der Waals surface area contributed by atoms with Gasteiger partial charge in [-0.1, -0.05) is 0 Å². The van der Waals surface area contributed by atoms with Crippen LogP contribution in [-0.4, -0.2) is 23.0 Å². The van der Waals surface area contributed by atoms with Crippen molar-refractivity contribution >= 4 is 11.9 Å². The lowest BCUT2D eigenvalue weighted by Crippen LogP contribution is -2.35. The topological polar surface area (TPSA) is 90.2 Å². The van der Waals surface area contributed by atoms with E-state index < -0.39 is 11.9 Å². The SMILES string of the molecule is N#CC1CCCC1NC(=O)C=CC(=O)O. The van der Waals surface area contributed by atoms with Crippen LogP contribution >= 0.6 is 0 Å². The first-order valence-corrected chi connectivity index (χ1v) is 4.74. The molecule has 1 aliphatic carbocycles. The van der Waals surface area contributed by atoms with Crippen molar-refractivity contribution < 1.29 is 14.7 Å². The first-order valence-electron chi connectivity index (χ1n) is 4.74. The molecule has 0 radical (unpaired) electrons. The van der Waals surface area contributed by atoms with Crippen LogP contribution in [0.3, 0.4) is 0 Å². The van der Waals surface area contributed by atoms with Crippen LogP contribution in [0, 0.1) is 17.2 Å². The van der Waals surface area contributed by atoms with Gasteiger partial charge in [0.25, 0.3) is 0 Å². The number of rotatable bonds is 3. The monoisotopic (exact) mass is 208 g/mol. The van der Waals surface area contributed by atoms with Gasteiger partial charge < -0.3 is 10.4 Å². The number of carbonyl (C=O) groups excluding carboxylic acids is 1. The minimum Gasteiger partial charge on any atom is -0.478 e. The minimum absolute atomic E-state index is 0.138. The van der Waals surface area contributed by atoms with Gasteiger partial charge in [0.15, 0.2) is 0 Å². The predicted octanol–water partition coefficient (Wildman–Crippen LogP) is 0.436. The lowest BCUT2D eigenvalue weighted by Gasteiger charge is -2.13. The number of amides is 1. The van der Waals surface area contributed by atoms with E-state index in [9.17, 15) is 9.59 Å². The van der Waals surface area contributed by atoms with E-state index in [-0.39, 0.29) is 12.0 Å². The number of carboxylic acids is 1. The second kappa shape index (κ2) is 5.15. The van der Waals surface area contributed by atoms with Gasteiger partial charge >= 0.3 is 5.97 Å². The van der Waals surface area contributed by atoms with Crippen molar-refractivity contribution in [3.05, 3.63) is 12.2 Å². The Morgan fingerprint density at radius 2 is 2.13 bits per heavy atom. The van der Waals surface area contributed by atoms with Crippen molar-refractivity contribution in [3.63, 3.8) is 0 Å². The summed E-state index contributed by atoms with van der Waals surface area (Å²) < 4.78 is 0. The standard InChI is InChI=1S/C10H12N2O3/c11-6-7-2-1-3-8(7)12-9(13)4-5-10(14)15/h4-5,7-8H,1-3H2,(H,12,13)(H,14,15). The fourth-order valence-corrected chi connectivity index (χ4v) is 1.67. The third-order valence-electron chi connectivity index (χ3n) is 2.39. The Labute approximate surface area is 87.4 Å². The Morgan fingerprint density at radius 3 is 2.73 bits per heavy atom. The summed E-state index contributed by atoms with van der Waals surface area (Å²) >= 11 is 0. The third-order valence-corrected chi connectivity index (χ3v) is 2.39. The summed E-state index contributed by atoms with van der Waals surface area (Å²) in [5.74, 6) is -1.76. The van der Waals surface area contributed by atoms with Gasteiger partial charge in [-0.05, 0) is 19.3 Å². The molecule has 0 aromatic heterocycles. The van der Waals surface area contributed by atoms with Crippen molar-refractivity contribution in [2.45, 2.75) is 25.3 Å². The Morgan fingerprint density at radius 1 is 1.40 bits per heavy atom. The highest BCUT2D eigenvalue weighted by atomic mass is 16.4. The molecule has 0 aromatic rings. The van der Waals surface area contributed by atoms with E-state index in [4.69, 9.17) is 10.4 Å². The van der Waals surface area contributed by atoms with Crippen molar-refractivity contribution in [1.29, 1.82) is 5.26 Å². The predicted molar refractivity (Wildman–Crippen MR) is 51.7 cm³/mol. The van der Waals surface area contributed by atoms with Gasteiger partial charge in [-0.25, -0.2) is 4.79 Å². The maximum Gasteiger partial charge on any atom is 0.328 e. The lowest BCUT2D eigenvalue weighted by atomic mass is 10.1. The van der Waals surface area contributed by atoms with E-state index in [0.29, 0.717) is 0 Å². The van der Waals surface area contributed by atoms with Crippen molar-refractivity contribution in [2.75, 3.05) is 0 Å². The molecule has 1 saturated carbocycles. The molecular weight excluding hydrogens is 196 g/mol. The van der Waals surface area contributed by atoms with E-state index in [1.165, 1.54) is 0 Å². The highest BCUT2D eigenvalue weighted by Crippen LogP contribution is 2.24. The van der Waals surface area contributed by atoms with Crippen LogP contribution in [0.5, 0.6) is 0 Å². The maximum atomic E-state index is 11.2. The molecule has 2 atom stereocenters. The molecule has 5 heteroatoms. The molecule has 2 unspecified atom stereocenters. The molecular formula is C10H12N2O3. The summed E-state index contributed by atoms with van der Waals surface area (Å²) in [4.78, 5) is 21.3. The number of nitrogens with one attached hydrogen (secondary N) is 1. The lowest BCUT2D eigenvalue weighted by molar-refractivity contribution is -0.131. The van der Waals surface area contributed by atoms with Gasteiger partial charge in [0.05, 0.1) is 12.0 Å². The Hall–Kier alpha value is -1.83. The number of hydrogen-bond acceptors (Lipinski definition) is 3. The molecule has 0 heterocycles. The van der Waals surface area contributed by atoms with E-state index in [0.717, 1.165) is 31.4 Å². The molecule has 80 valence electrons. The van der Waals surface area contributed by atoms with E-state index in [2.05, 4.69) is 11.4 Å². The Bertz CT molecular complexity index is 330. The van der Waals surface area contributed by atoms with Crippen LogP contribution in [0.4, 0.5) is 0 Å². The number of nitrogens with zero attached hydrogens (tertiary/aromatic N) is 1. The van der Waals surface area contributed by atoms with Gasteiger partial charge in [-0.3, -0.25) is 4.79 Å². The first-order chi connectivity index (χ1) is 7.13. The smallest absolute Gasteiger partial charge is 0.328 e. The Kier molecular flexibility index (Phi) is 3.86. The second-order valence-electron chi connectivity index (χ2n) is 3.45. The highest BCUT2D eigenvalue weighted by molar-refractivity contribution is 5.94. The van der Waals surface area contributed by atoms with E-state index >= 15 is 0 Å². The van der Waals surface area contributed by atoms with E-state index in [1.807, 2.05) is 0 Å². The molecule has 0 bridgehead atoms. The van der Waals surface area contributed by atoms with Gasteiger partial charge in [0.1, 0.15) is 0 Å². The van der Waals surface area contributed by atoms with E-state index in [1.54, 1.807) is 0 Å². The summed E-state index contributed by atoms with van der Waals surface area (Å²) in [7, 11) is 0. The summed E-state index contributed by atoms with van der Waals surface area (Å²) in [6, 6.07) is 1.99. The zero-order chi connectivity index (χ0) is 11.3. The van der Waals surface area contributed by atoms with Gasteiger partial charge in [-0.15, -0.1) is 0 Å². The molecule has 1 fully saturated rings. The molecule has 0 spiro atoms. The van der Waals surface area contributed by atoms with Crippen molar-refractivity contribution in [1.82, 2.24) is 5.32 Å². The summed E-state index contributed by atoms with van der Waals surface area (Å²) in [6.45, 7) is 0. The normalized spacial score (nSPS) is 25.0. The molecule has 0 aliphatic heterocycles. The summed E-state index contributed by atoms with van der Waals surface area (Å²) in [6.07, 6.45) is 4.25. The van der Waals surface area contributed by atoms with Crippen LogP contribution in [0.15, 0.2) is 12.2 Å². The number of carbonyl (C=O) groups is 2. The Balaban J connectivity index is 2.45. The third kappa shape index (κ3) is 3.43. The molecule has 1 rings (SSSR count). The van der Waals surface area contributed by atoms with Crippen LogP contribution in [0.2, 0.25) is 0 Å². The molecule has 2 N–H and O–H groups in total. The van der Waals surface area contributed by atoms with Crippen LogP contribution in [0.25, 0.3) is 0 Å². The van der Waals surface area contributed by atoms with Gasteiger partial charge in [-0.2, -0.15) is 5.26 Å². The zero-order valence-electron chi connectivity index (χ0n) is 8.14. The quantitative estimate of drug-likeness (QED) is 0.658. The van der Waals surface area contributed by atoms with Crippen LogP contribution in [-0.2, 0) is 9.59 Å². The molecule has 0 aromatic carbocycles. The average molecular weight is 208 g/mol. The molecule has 0 saturated heterocycles.